The summed E-state index contributed by atoms with van der Waals surface area (Å²) in [6, 6.07) is 18.0. The van der Waals surface area contributed by atoms with E-state index in [4.69, 9.17) is 0 Å². The Kier molecular flexibility index (Phi) is 4.49. The van der Waals surface area contributed by atoms with Crippen LogP contribution in [-0.4, -0.2) is 40.1 Å². The van der Waals surface area contributed by atoms with Crippen LogP contribution in [0.4, 0.5) is 11.5 Å². The fourth-order valence-electron chi connectivity index (χ4n) is 2.72. The van der Waals surface area contributed by atoms with Gasteiger partial charge in [-0.25, -0.2) is 14.6 Å². The molecule has 7 heteroatoms. The van der Waals surface area contributed by atoms with Gasteiger partial charge in [-0.05, 0) is 29.8 Å². The first-order valence-electron chi connectivity index (χ1n) is 8.53. The number of anilines is 2. The SMILES string of the molecule is CN(C)c1ccc(/C=N/Nc2ncnc3c2cnn3-c2ccccc2)cc1. The monoisotopic (exact) mass is 357 g/mol. The molecule has 1 N–H and O–H groups in total. The second kappa shape index (κ2) is 7.25. The van der Waals surface area contributed by atoms with Crippen molar-refractivity contribution in [2.45, 2.75) is 0 Å². The number of fused-ring (bicyclic) bond motifs is 1. The minimum absolute atomic E-state index is 0.614. The highest BCUT2D eigenvalue weighted by Crippen LogP contribution is 2.21. The van der Waals surface area contributed by atoms with Crippen molar-refractivity contribution < 1.29 is 0 Å². The molecule has 4 rings (SSSR count). The number of rotatable bonds is 5. The summed E-state index contributed by atoms with van der Waals surface area (Å²) >= 11 is 0. The van der Waals surface area contributed by atoms with Gasteiger partial charge in [0.05, 0.1) is 23.5 Å². The van der Waals surface area contributed by atoms with E-state index < -0.39 is 0 Å². The van der Waals surface area contributed by atoms with Crippen molar-refractivity contribution >= 4 is 28.8 Å². The van der Waals surface area contributed by atoms with Crippen molar-refractivity contribution in [1.82, 2.24) is 19.7 Å². The largest absolute Gasteiger partial charge is 0.378 e. The molecule has 2 heterocycles. The molecule has 0 fully saturated rings. The van der Waals surface area contributed by atoms with Crippen LogP contribution < -0.4 is 10.3 Å². The van der Waals surface area contributed by atoms with Gasteiger partial charge in [0.1, 0.15) is 6.33 Å². The molecule has 0 radical (unpaired) electrons. The van der Waals surface area contributed by atoms with Gasteiger partial charge >= 0.3 is 0 Å². The number of aromatic nitrogens is 4. The van der Waals surface area contributed by atoms with Gasteiger partial charge in [-0.3, -0.25) is 5.43 Å². The highest BCUT2D eigenvalue weighted by atomic mass is 15.3. The summed E-state index contributed by atoms with van der Waals surface area (Å²) < 4.78 is 1.78. The molecule has 27 heavy (non-hydrogen) atoms. The van der Waals surface area contributed by atoms with Gasteiger partial charge in [-0.2, -0.15) is 10.2 Å². The number of nitrogens with zero attached hydrogens (tertiary/aromatic N) is 6. The molecule has 0 spiro atoms. The van der Waals surface area contributed by atoms with Crippen molar-refractivity contribution in [1.29, 1.82) is 0 Å². The standard InChI is InChI=1S/C20H19N7/c1-26(2)16-10-8-15(9-11-16)12-23-25-19-18-13-24-27(20(18)22-14-21-19)17-6-4-3-5-7-17/h3-14H,1-2H3,(H,21,22,25)/b23-12+. The third-order valence-corrected chi connectivity index (χ3v) is 4.16. The Morgan fingerprint density at radius 3 is 2.52 bits per heavy atom. The Labute approximate surface area is 157 Å². The van der Waals surface area contributed by atoms with Crippen LogP contribution in [0.15, 0.2) is 72.2 Å². The van der Waals surface area contributed by atoms with E-state index in [1.54, 1.807) is 17.1 Å². The average Bonchev–Trinajstić information content (AvgIpc) is 3.14. The summed E-state index contributed by atoms with van der Waals surface area (Å²) in [4.78, 5) is 10.7. The summed E-state index contributed by atoms with van der Waals surface area (Å²) in [5, 5.41) is 9.55. The van der Waals surface area contributed by atoms with Gasteiger partial charge in [-0.15, -0.1) is 0 Å². The molecule has 7 nitrogen and oxygen atoms in total. The molecule has 0 bridgehead atoms. The van der Waals surface area contributed by atoms with Gasteiger partial charge in [-0.1, -0.05) is 30.3 Å². The van der Waals surface area contributed by atoms with Crippen LogP contribution in [-0.2, 0) is 0 Å². The first kappa shape index (κ1) is 16.7. The Hall–Kier alpha value is -3.74. The lowest BCUT2D eigenvalue weighted by Crippen LogP contribution is -2.08. The third-order valence-electron chi connectivity index (χ3n) is 4.16. The molecule has 0 aliphatic heterocycles. The molecule has 0 amide bonds. The highest BCUT2D eigenvalue weighted by Gasteiger charge is 2.10. The highest BCUT2D eigenvalue weighted by molar-refractivity contribution is 5.88. The molecule has 0 aliphatic rings. The molecule has 2 aromatic heterocycles. The number of hydrogen-bond acceptors (Lipinski definition) is 6. The third kappa shape index (κ3) is 3.48. The van der Waals surface area contributed by atoms with E-state index in [2.05, 4.69) is 30.5 Å². The lowest BCUT2D eigenvalue weighted by Gasteiger charge is -2.11. The fourth-order valence-corrected chi connectivity index (χ4v) is 2.72. The van der Waals surface area contributed by atoms with Crippen LogP contribution in [0.5, 0.6) is 0 Å². The van der Waals surface area contributed by atoms with Crippen molar-refractivity contribution in [3.8, 4) is 5.69 Å². The fraction of sp³-hybridized carbons (Fsp3) is 0.100. The maximum atomic E-state index is 4.44. The van der Waals surface area contributed by atoms with Crippen LogP contribution in [0.25, 0.3) is 16.7 Å². The first-order chi connectivity index (χ1) is 13.2. The predicted octanol–water partition coefficient (Wildman–Crippen LogP) is 3.33. The van der Waals surface area contributed by atoms with E-state index in [0.717, 1.165) is 28.0 Å². The van der Waals surface area contributed by atoms with Crippen molar-refractivity contribution in [3.63, 3.8) is 0 Å². The summed E-state index contributed by atoms with van der Waals surface area (Å²) in [6.07, 6.45) is 5.01. The lowest BCUT2D eigenvalue weighted by molar-refractivity contribution is 0.895. The lowest BCUT2D eigenvalue weighted by atomic mass is 10.2. The van der Waals surface area contributed by atoms with Gasteiger partial charge in [0.25, 0.3) is 0 Å². The molecule has 0 aliphatic carbocycles. The Bertz CT molecular complexity index is 1070. The molecule has 0 unspecified atom stereocenters. The number of para-hydroxylation sites is 1. The molecular formula is C20H19N7. The smallest absolute Gasteiger partial charge is 0.168 e. The summed E-state index contributed by atoms with van der Waals surface area (Å²) in [6.45, 7) is 0. The molecule has 2 aromatic carbocycles. The first-order valence-corrected chi connectivity index (χ1v) is 8.53. The number of nitrogens with one attached hydrogen (secondary N) is 1. The van der Waals surface area contributed by atoms with Gasteiger partial charge in [0, 0.05) is 19.8 Å². The van der Waals surface area contributed by atoms with E-state index in [0.29, 0.717) is 5.82 Å². The zero-order chi connectivity index (χ0) is 18.6. The van der Waals surface area contributed by atoms with E-state index in [9.17, 15) is 0 Å². The van der Waals surface area contributed by atoms with Crippen molar-refractivity contribution in [3.05, 3.63) is 72.7 Å². The number of hydrazone groups is 1. The molecule has 0 saturated carbocycles. The van der Waals surface area contributed by atoms with E-state index in [1.165, 1.54) is 6.33 Å². The second-order valence-corrected chi connectivity index (χ2v) is 6.21. The maximum Gasteiger partial charge on any atom is 0.168 e. The van der Waals surface area contributed by atoms with Crippen molar-refractivity contribution in [2.24, 2.45) is 5.10 Å². The zero-order valence-corrected chi connectivity index (χ0v) is 15.1. The average molecular weight is 357 g/mol. The quantitative estimate of drug-likeness (QED) is 0.438. The molecule has 134 valence electrons. The van der Waals surface area contributed by atoms with Gasteiger partial charge in [0.15, 0.2) is 11.5 Å². The minimum atomic E-state index is 0.614. The summed E-state index contributed by atoms with van der Waals surface area (Å²) in [5.74, 6) is 0.614. The van der Waals surface area contributed by atoms with Crippen molar-refractivity contribution in [2.75, 3.05) is 24.4 Å². The zero-order valence-electron chi connectivity index (χ0n) is 15.1. The van der Waals surface area contributed by atoms with Crippen LogP contribution in [0, 0.1) is 0 Å². The minimum Gasteiger partial charge on any atom is -0.378 e. The van der Waals surface area contributed by atoms with Crippen LogP contribution >= 0.6 is 0 Å². The molecular weight excluding hydrogens is 338 g/mol. The van der Waals surface area contributed by atoms with Crippen LogP contribution in [0.3, 0.4) is 0 Å². The molecule has 0 atom stereocenters. The normalized spacial score (nSPS) is 11.2. The van der Waals surface area contributed by atoms with Gasteiger partial charge < -0.3 is 4.90 Å². The van der Waals surface area contributed by atoms with Crippen LogP contribution in [0.1, 0.15) is 5.56 Å². The van der Waals surface area contributed by atoms with Gasteiger partial charge in [0.2, 0.25) is 0 Å². The van der Waals surface area contributed by atoms with E-state index in [1.807, 2.05) is 68.7 Å². The van der Waals surface area contributed by atoms with Crippen LogP contribution in [0.2, 0.25) is 0 Å². The Morgan fingerprint density at radius 1 is 1.00 bits per heavy atom. The molecule has 0 saturated heterocycles. The number of hydrogen-bond donors (Lipinski definition) is 1. The molecule has 4 aromatic rings. The second-order valence-electron chi connectivity index (χ2n) is 6.21. The maximum absolute atomic E-state index is 4.44. The van der Waals surface area contributed by atoms with E-state index >= 15 is 0 Å². The summed E-state index contributed by atoms with van der Waals surface area (Å²) in [7, 11) is 4.03. The predicted molar refractivity (Wildman–Crippen MR) is 109 cm³/mol. The Balaban J connectivity index is 1.57. The topological polar surface area (TPSA) is 71.2 Å². The summed E-state index contributed by atoms with van der Waals surface area (Å²) in [5.41, 5.74) is 6.81. The van der Waals surface area contributed by atoms with E-state index in [-0.39, 0.29) is 0 Å². The Morgan fingerprint density at radius 2 is 1.78 bits per heavy atom. The number of benzene rings is 2.